The molecule has 6 heteroatoms. The van der Waals surface area contributed by atoms with Crippen molar-refractivity contribution < 1.29 is 17.9 Å². The third-order valence-electron chi connectivity index (χ3n) is 4.26. The number of hydrogen-bond acceptors (Lipinski definition) is 3. The molecule has 4 nitrogen and oxygen atoms in total. The molecule has 1 saturated heterocycles. The number of aryl methyl sites for hydroxylation is 2. The van der Waals surface area contributed by atoms with Gasteiger partial charge in [0, 0.05) is 13.1 Å². The molecule has 0 aromatic heterocycles. The van der Waals surface area contributed by atoms with Crippen LogP contribution < -0.4 is 0 Å². The molecule has 1 heterocycles. The highest BCUT2D eigenvalue weighted by molar-refractivity contribution is 7.89. The predicted molar refractivity (Wildman–Crippen MR) is 72.3 cm³/mol. The lowest BCUT2D eigenvalue weighted by molar-refractivity contribution is -0.0765. The first kappa shape index (κ1) is 14.0. The van der Waals surface area contributed by atoms with E-state index in [1.807, 2.05) is 0 Å². The minimum atomic E-state index is -3.65. The van der Waals surface area contributed by atoms with Crippen molar-refractivity contribution in [3.8, 4) is 0 Å². The molecule has 20 heavy (non-hydrogen) atoms. The Morgan fingerprint density at radius 1 is 1.25 bits per heavy atom. The van der Waals surface area contributed by atoms with E-state index in [0.717, 1.165) is 12.8 Å². The Bertz CT molecular complexity index is 638. The number of hydrogen-bond donors (Lipinski definition) is 1. The van der Waals surface area contributed by atoms with Gasteiger partial charge in [-0.05, 0) is 55.9 Å². The van der Waals surface area contributed by atoms with Gasteiger partial charge in [-0.25, -0.2) is 12.8 Å². The first-order valence-corrected chi connectivity index (χ1v) is 8.17. The lowest BCUT2D eigenvalue weighted by Gasteiger charge is -2.46. The zero-order valence-electron chi connectivity index (χ0n) is 11.6. The van der Waals surface area contributed by atoms with Gasteiger partial charge in [-0.15, -0.1) is 0 Å². The number of rotatable bonds is 3. The lowest BCUT2D eigenvalue weighted by atomic mass is 9.91. The molecular weight excluding hydrogens is 281 g/mol. The van der Waals surface area contributed by atoms with E-state index >= 15 is 0 Å². The number of halogens is 1. The molecular formula is C14H18FNO3S. The highest BCUT2D eigenvalue weighted by Gasteiger charge is 2.55. The summed E-state index contributed by atoms with van der Waals surface area (Å²) in [6.45, 7) is 3.48. The summed E-state index contributed by atoms with van der Waals surface area (Å²) in [5.41, 5.74) is -0.0386. The molecule has 1 aliphatic heterocycles. The van der Waals surface area contributed by atoms with Crippen LogP contribution >= 0.6 is 0 Å². The Hall–Kier alpha value is -0.980. The van der Waals surface area contributed by atoms with Gasteiger partial charge in [-0.2, -0.15) is 4.31 Å². The molecule has 0 atom stereocenters. The largest absolute Gasteiger partial charge is 0.387 e. The first-order valence-electron chi connectivity index (χ1n) is 6.73. The van der Waals surface area contributed by atoms with E-state index in [1.54, 1.807) is 13.8 Å². The van der Waals surface area contributed by atoms with Crippen LogP contribution in [0.3, 0.4) is 0 Å². The summed E-state index contributed by atoms with van der Waals surface area (Å²) in [5.74, 6) is -0.193. The fraction of sp³-hybridized carbons (Fsp3) is 0.571. The van der Waals surface area contributed by atoms with Crippen molar-refractivity contribution >= 4 is 10.0 Å². The third kappa shape index (κ3) is 2.06. The van der Waals surface area contributed by atoms with Crippen molar-refractivity contribution in [2.75, 3.05) is 13.1 Å². The van der Waals surface area contributed by atoms with Gasteiger partial charge in [0.2, 0.25) is 10.0 Å². The second kappa shape index (κ2) is 4.26. The maximum atomic E-state index is 13.3. The Kier molecular flexibility index (Phi) is 2.97. The predicted octanol–water partition coefficient (Wildman–Crippen LogP) is 1.59. The van der Waals surface area contributed by atoms with Gasteiger partial charge in [0.05, 0.1) is 10.5 Å². The summed E-state index contributed by atoms with van der Waals surface area (Å²) in [4.78, 5) is 0.164. The molecule has 110 valence electrons. The van der Waals surface area contributed by atoms with Gasteiger partial charge in [-0.1, -0.05) is 0 Å². The fourth-order valence-electron chi connectivity index (χ4n) is 3.05. The van der Waals surface area contributed by atoms with Crippen molar-refractivity contribution in [2.24, 2.45) is 5.92 Å². The minimum Gasteiger partial charge on any atom is -0.387 e. The molecule has 0 unspecified atom stereocenters. The zero-order valence-corrected chi connectivity index (χ0v) is 12.4. The van der Waals surface area contributed by atoms with Crippen molar-refractivity contribution in [2.45, 2.75) is 37.2 Å². The summed E-state index contributed by atoms with van der Waals surface area (Å²) in [6, 6.07) is 2.46. The molecule has 1 aromatic rings. The van der Waals surface area contributed by atoms with Crippen LogP contribution in [0.5, 0.6) is 0 Å². The van der Waals surface area contributed by atoms with Gasteiger partial charge >= 0.3 is 0 Å². The van der Waals surface area contributed by atoms with E-state index in [-0.39, 0.29) is 23.9 Å². The van der Waals surface area contributed by atoms with Crippen LogP contribution in [-0.2, 0) is 10.0 Å². The first-order chi connectivity index (χ1) is 9.24. The Morgan fingerprint density at radius 2 is 1.75 bits per heavy atom. The monoisotopic (exact) mass is 299 g/mol. The average Bonchev–Trinajstić information content (AvgIpc) is 3.06. The van der Waals surface area contributed by atoms with E-state index in [1.165, 1.54) is 16.4 Å². The van der Waals surface area contributed by atoms with Crippen LogP contribution in [-0.4, -0.2) is 36.5 Å². The third-order valence-corrected chi connectivity index (χ3v) is 6.36. The fourth-order valence-corrected chi connectivity index (χ4v) is 5.02. The van der Waals surface area contributed by atoms with Crippen LogP contribution in [0.4, 0.5) is 4.39 Å². The van der Waals surface area contributed by atoms with Crippen LogP contribution in [0.2, 0.25) is 0 Å². The number of benzene rings is 1. The van der Waals surface area contributed by atoms with Crippen LogP contribution in [0.1, 0.15) is 24.0 Å². The van der Waals surface area contributed by atoms with E-state index in [9.17, 15) is 17.9 Å². The zero-order chi connectivity index (χ0) is 14.7. The standard InChI is InChI=1S/C14H18FNO3S/c1-9-5-12(15)6-10(2)13(9)20(18,19)16-7-14(17,8-16)11-3-4-11/h5-6,11,17H,3-4,7-8H2,1-2H3. The molecule has 0 amide bonds. The highest BCUT2D eigenvalue weighted by Crippen LogP contribution is 2.46. The highest BCUT2D eigenvalue weighted by atomic mass is 32.2. The molecule has 2 aliphatic rings. The van der Waals surface area contributed by atoms with E-state index < -0.39 is 21.4 Å². The van der Waals surface area contributed by atoms with Gasteiger partial charge in [0.15, 0.2) is 0 Å². The Morgan fingerprint density at radius 3 is 2.20 bits per heavy atom. The molecule has 0 radical (unpaired) electrons. The van der Waals surface area contributed by atoms with Crippen molar-refractivity contribution in [1.82, 2.24) is 4.31 Å². The van der Waals surface area contributed by atoms with Crippen LogP contribution in [0.15, 0.2) is 17.0 Å². The minimum absolute atomic E-state index is 0.149. The SMILES string of the molecule is Cc1cc(F)cc(C)c1S(=O)(=O)N1CC(O)(C2CC2)C1. The number of nitrogens with zero attached hydrogens (tertiary/aromatic N) is 1. The molecule has 1 saturated carbocycles. The van der Waals surface area contributed by atoms with Crippen LogP contribution in [0, 0.1) is 25.6 Å². The summed E-state index contributed by atoms with van der Waals surface area (Å²) < 4.78 is 39.8. The summed E-state index contributed by atoms with van der Waals surface area (Å²) in [5, 5.41) is 10.2. The van der Waals surface area contributed by atoms with E-state index in [0.29, 0.717) is 11.1 Å². The molecule has 1 aromatic carbocycles. The second-order valence-electron chi connectivity index (χ2n) is 6.02. The smallest absolute Gasteiger partial charge is 0.243 e. The molecule has 0 spiro atoms. The summed E-state index contributed by atoms with van der Waals surface area (Å²) in [6.07, 6.45) is 1.94. The topological polar surface area (TPSA) is 57.6 Å². The maximum absolute atomic E-state index is 13.3. The van der Waals surface area contributed by atoms with Crippen molar-refractivity contribution in [3.63, 3.8) is 0 Å². The van der Waals surface area contributed by atoms with Crippen LogP contribution in [0.25, 0.3) is 0 Å². The van der Waals surface area contributed by atoms with Gasteiger partial charge < -0.3 is 5.11 Å². The molecule has 2 fully saturated rings. The second-order valence-corrected chi connectivity index (χ2v) is 7.89. The summed E-state index contributed by atoms with van der Waals surface area (Å²) in [7, 11) is -3.65. The Balaban J connectivity index is 1.90. The summed E-state index contributed by atoms with van der Waals surface area (Å²) >= 11 is 0. The lowest BCUT2D eigenvalue weighted by Crippen LogP contribution is -2.64. The van der Waals surface area contributed by atoms with Gasteiger partial charge in [-0.3, -0.25) is 0 Å². The van der Waals surface area contributed by atoms with E-state index in [4.69, 9.17) is 0 Å². The number of β-amino-alcohol motifs (C(OH)–C–C–N with tert-alkyl or cyclic N) is 1. The quantitative estimate of drug-likeness (QED) is 0.922. The molecule has 0 bridgehead atoms. The van der Waals surface area contributed by atoms with Crippen molar-refractivity contribution in [3.05, 3.63) is 29.1 Å². The van der Waals surface area contributed by atoms with Crippen molar-refractivity contribution in [1.29, 1.82) is 0 Å². The molecule has 1 N–H and O–H groups in total. The molecule has 1 aliphatic carbocycles. The maximum Gasteiger partial charge on any atom is 0.243 e. The molecule has 3 rings (SSSR count). The normalized spacial score (nSPS) is 22.6. The van der Waals surface area contributed by atoms with E-state index in [2.05, 4.69) is 0 Å². The van der Waals surface area contributed by atoms with Gasteiger partial charge in [0.25, 0.3) is 0 Å². The number of aliphatic hydroxyl groups is 1. The number of sulfonamides is 1. The van der Waals surface area contributed by atoms with Gasteiger partial charge in [0.1, 0.15) is 5.82 Å². The average molecular weight is 299 g/mol. The Labute approximate surface area is 118 Å².